The Hall–Kier alpha value is -2.50. The highest BCUT2D eigenvalue weighted by Gasteiger charge is 2.36. The van der Waals surface area contributed by atoms with Crippen LogP contribution in [0.25, 0.3) is 0 Å². The molecule has 0 saturated heterocycles. The zero-order chi connectivity index (χ0) is 16.4. The second-order valence-electron chi connectivity index (χ2n) is 5.14. The van der Waals surface area contributed by atoms with Gasteiger partial charge in [-0.3, -0.25) is 4.79 Å². The Morgan fingerprint density at radius 2 is 1.78 bits per heavy atom. The van der Waals surface area contributed by atoms with Crippen LogP contribution in [0.3, 0.4) is 0 Å². The number of hydrogen-bond donors (Lipinski definition) is 0. The van der Waals surface area contributed by atoms with Gasteiger partial charge in [-0.2, -0.15) is 13.2 Å². The van der Waals surface area contributed by atoms with Crippen molar-refractivity contribution in [3.05, 3.63) is 59.7 Å². The lowest BCUT2D eigenvalue weighted by molar-refractivity contribution is -0.143. The molecule has 0 saturated carbocycles. The van der Waals surface area contributed by atoms with Crippen LogP contribution in [0.5, 0.6) is 11.5 Å². The lowest BCUT2D eigenvalue weighted by Crippen LogP contribution is -2.25. The molecule has 3 nitrogen and oxygen atoms in total. The molecule has 0 aromatic heterocycles. The summed E-state index contributed by atoms with van der Waals surface area (Å²) in [6.07, 6.45) is -4.21. The maximum absolute atomic E-state index is 13.0. The molecule has 120 valence electrons. The second kappa shape index (κ2) is 5.95. The van der Waals surface area contributed by atoms with Gasteiger partial charge in [0.2, 0.25) is 0 Å². The zero-order valence-corrected chi connectivity index (χ0v) is 12.0. The topological polar surface area (TPSA) is 35.5 Å². The molecule has 3 rings (SSSR count). The summed E-state index contributed by atoms with van der Waals surface area (Å²) in [4.78, 5) is 12.4. The number of halogens is 3. The predicted molar refractivity (Wildman–Crippen MR) is 76.4 cm³/mol. The number of ether oxygens (including phenoxy) is 2. The predicted octanol–water partition coefficient (Wildman–Crippen LogP) is 4.18. The zero-order valence-electron chi connectivity index (χ0n) is 12.0. The van der Waals surface area contributed by atoms with Crippen LogP contribution in [-0.2, 0) is 11.0 Å². The molecule has 0 N–H and O–H groups in total. The molecule has 1 unspecified atom stereocenters. The number of esters is 1. The molecular formula is C17H13F3O3. The van der Waals surface area contributed by atoms with Crippen molar-refractivity contribution >= 4 is 5.97 Å². The van der Waals surface area contributed by atoms with Gasteiger partial charge in [0.25, 0.3) is 0 Å². The molecule has 2 aromatic carbocycles. The number of carbonyl (C=O) groups excluding carboxylic acids is 1. The van der Waals surface area contributed by atoms with Crippen molar-refractivity contribution in [1.29, 1.82) is 0 Å². The first-order chi connectivity index (χ1) is 11.0. The van der Waals surface area contributed by atoms with Crippen LogP contribution in [0.2, 0.25) is 0 Å². The monoisotopic (exact) mass is 322 g/mol. The molecule has 1 aliphatic rings. The first kappa shape index (κ1) is 15.4. The largest absolute Gasteiger partial charge is 0.493 e. The normalized spacial score (nSPS) is 17.1. The van der Waals surface area contributed by atoms with Crippen molar-refractivity contribution in [3.63, 3.8) is 0 Å². The molecule has 0 spiro atoms. The number of para-hydroxylation sites is 2. The maximum atomic E-state index is 13.0. The Morgan fingerprint density at radius 1 is 1.09 bits per heavy atom. The molecule has 1 aliphatic heterocycles. The van der Waals surface area contributed by atoms with E-state index in [0.717, 1.165) is 12.1 Å². The van der Waals surface area contributed by atoms with Crippen molar-refractivity contribution < 1.29 is 27.4 Å². The fraction of sp³-hybridized carbons (Fsp3) is 0.235. The van der Waals surface area contributed by atoms with Crippen LogP contribution in [0.15, 0.2) is 48.5 Å². The van der Waals surface area contributed by atoms with Crippen LogP contribution in [0.4, 0.5) is 13.2 Å². The molecule has 23 heavy (non-hydrogen) atoms. The van der Waals surface area contributed by atoms with Crippen molar-refractivity contribution in [2.45, 2.75) is 18.5 Å². The minimum Gasteiger partial charge on any atom is -0.493 e. The second-order valence-corrected chi connectivity index (χ2v) is 5.14. The molecule has 2 aromatic rings. The van der Waals surface area contributed by atoms with Gasteiger partial charge < -0.3 is 9.47 Å². The van der Waals surface area contributed by atoms with Gasteiger partial charge in [-0.25, -0.2) is 0 Å². The van der Waals surface area contributed by atoms with E-state index in [2.05, 4.69) is 0 Å². The van der Waals surface area contributed by atoms with E-state index in [1.54, 1.807) is 24.3 Å². The van der Waals surface area contributed by atoms with Gasteiger partial charge >= 0.3 is 12.1 Å². The first-order valence-corrected chi connectivity index (χ1v) is 7.06. The average molecular weight is 322 g/mol. The molecule has 1 atom stereocenters. The van der Waals surface area contributed by atoms with Gasteiger partial charge in [0.1, 0.15) is 11.5 Å². The third-order valence-corrected chi connectivity index (χ3v) is 3.65. The quantitative estimate of drug-likeness (QED) is 0.615. The number of benzene rings is 2. The van der Waals surface area contributed by atoms with E-state index in [9.17, 15) is 18.0 Å². The van der Waals surface area contributed by atoms with E-state index in [-0.39, 0.29) is 0 Å². The highest BCUT2D eigenvalue weighted by molar-refractivity contribution is 5.82. The summed E-state index contributed by atoms with van der Waals surface area (Å²) in [6.45, 7) is 0.317. The third kappa shape index (κ3) is 3.16. The molecule has 6 heteroatoms. The van der Waals surface area contributed by atoms with E-state index in [0.29, 0.717) is 24.3 Å². The van der Waals surface area contributed by atoms with Gasteiger partial charge in [0.05, 0.1) is 18.1 Å². The Balaban J connectivity index is 1.87. The van der Waals surface area contributed by atoms with Crippen LogP contribution in [0, 0.1) is 0 Å². The van der Waals surface area contributed by atoms with Crippen LogP contribution >= 0.6 is 0 Å². The molecule has 1 heterocycles. The molecular weight excluding hydrogens is 309 g/mol. The fourth-order valence-electron chi connectivity index (χ4n) is 2.56. The molecule has 0 aliphatic carbocycles. The molecule has 0 radical (unpaired) electrons. The summed E-state index contributed by atoms with van der Waals surface area (Å²) in [5.74, 6) is -1.27. The highest BCUT2D eigenvalue weighted by atomic mass is 19.4. The van der Waals surface area contributed by atoms with Gasteiger partial charge in [-0.1, -0.05) is 30.3 Å². The maximum Gasteiger partial charge on any atom is 0.419 e. The lowest BCUT2D eigenvalue weighted by atomic mass is 9.93. The summed E-state index contributed by atoms with van der Waals surface area (Å²) in [5.41, 5.74) is -0.332. The van der Waals surface area contributed by atoms with Crippen LogP contribution < -0.4 is 9.47 Å². The van der Waals surface area contributed by atoms with E-state index in [1.165, 1.54) is 12.1 Å². The number of fused-ring (bicyclic) bond motifs is 1. The van der Waals surface area contributed by atoms with Crippen molar-refractivity contribution in [2.75, 3.05) is 6.61 Å². The first-order valence-electron chi connectivity index (χ1n) is 7.06. The number of rotatable bonds is 2. The number of alkyl halides is 3. The molecule has 0 fully saturated rings. The lowest BCUT2D eigenvalue weighted by Gasteiger charge is -2.24. The van der Waals surface area contributed by atoms with E-state index in [1.807, 2.05) is 0 Å². The van der Waals surface area contributed by atoms with Gasteiger partial charge in [0, 0.05) is 5.56 Å². The molecule has 0 amide bonds. The Bertz CT molecular complexity index is 725. The average Bonchev–Trinajstić information content (AvgIpc) is 2.54. The van der Waals surface area contributed by atoms with Crippen LogP contribution in [0.1, 0.15) is 23.5 Å². The van der Waals surface area contributed by atoms with E-state index >= 15 is 0 Å². The van der Waals surface area contributed by atoms with Crippen molar-refractivity contribution in [1.82, 2.24) is 0 Å². The minimum absolute atomic E-state index is 0.317. The number of hydrogen-bond acceptors (Lipinski definition) is 3. The van der Waals surface area contributed by atoms with E-state index < -0.39 is 29.4 Å². The van der Waals surface area contributed by atoms with E-state index in [4.69, 9.17) is 9.47 Å². The van der Waals surface area contributed by atoms with Gasteiger partial charge in [-0.05, 0) is 24.6 Å². The van der Waals surface area contributed by atoms with Crippen molar-refractivity contribution in [3.8, 4) is 11.5 Å². The standard InChI is InChI=1S/C17H13F3O3/c18-17(19,20)13-6-2-4-8-15(13)23-16(21)12-9-10-22-14-7-3-1-5-11(12)14/h1-8,12H,9-10H2. The summed E-state index contributed by atoms with van der Waals surface area (Å²) >= 11 is 0. The van der Waals surface area contributed by atoms with Gasteiger partial charge in [0.15, 0.2) is 0 Å². The minimum atomic E-state index is -4.58. The third-order valence-electron chi connectivity index (χ3n) is 3.65. The highest BCUT2D eigenvalue weighted by Crippen LogP contribution is 2.38. The van der Waals surface area contributed by atoms with Gasteiger partial charge in [-0.15, -0.1) is 0 Å². The summed E-state index contributed by atoms with van der Waals surface area (Å²) in [6, 6.07) is 11.6. The SMILES string of the molecule is O=C(Oc1ccccc1C(F)(F)F)C1CCOc2ccccc21. The summed E-state index contributed by atoms with van der Waals surface area (Å²) in [5, 5.41) is 0. The summed E-state index contributed by atoms with van der Waals surface area (Å²) < 4.78 is 49.4. The Morgan fingerprint density at radius 3 is 2.57 bits per heavy atom. The smallest absolute Gasteiger partial charge is 0.419 e. The molecule has 0 bridgehead atoms. The van der Waals surface area contributed by atoms with Crippen molar-refractivity contribution in [2.24, 2.45) is 0 Å². The Labute approximate surface area is 130 Å². The summed E-state index contributed by atoms with van der Waals surface area (Å²) in [7, 11) is 0. The van der Waals surface area contributed by atoms with Crippen LogP contribution in [-0.4, -0.2) is 12.6 Å². The Kier molecular flexibility index (Phi) is 3.98. The number of carbonyl (C=O) groups is 1. The fourth-order valence-corrected chi connectivity index (χ4v) is 2.56.